The zero-order valence-electron chi connectivity index (χ0n) is 19.1. The predicted octanol–water partition coefficient (Wildman–Crippen LogP) is 3.34. The number of methoxy groups -OCH3 is 2. The molecule has 3 aromatic rings. The molecule has 2 aromatic carbocycles. The van der Waals surface area contributed by atoms with Crippen molar-refractivity contribution in [2.75, 3.05) is 44.0 Å². The first-order valence-corrected chi connectivity index (χ1v) is 12.5. The van der Waals surface area contributed by atoms with Crippen LogP contribution in [-0.4, -0.2) is 47.8 Å². The fraction of sp³-hybridized carbons (Fsp3) is 0.273. The summed E-state index contributed by atoms with van der Waals surface area (Å²) in [7, 11) is -0.0199. The highest BCUT2D eigenvalue weighted by atomic mass is 32.2. The van der Waals surface area contributed by atoms with E-state index in [1.54, 1.807) is 25.2 Å². The SMILES string of the molecule is CNCCNc1cc(F)c(S(=O)(=O)N(Cc2ccc(OC)cc2OC)c2ncc(F)s2)cc1C#N. The van der Waals surface area contributed by atoms with Gasteiger partial charge < -0.3 is 20.1 Å². The molecule has 0 saturated heterocycles. The minimum absolute atomic E-state index is 0.0617. The summed E-state index contributed by atoms with van der Waals surface area (Å²) in [6, 6.07) is 8.53. The minimum atomic E-state index is -4.62. The second-order valence-electron chi connectivity index (χ2n) is 7.11. The monoisotopic (exact) mass is 523 g/mol. The Kier molecular flexibility index (Phi) is 8.44. The molecule has 0 fully saturated rings. The van der Waals surface area contributed by atoms with Crippen molar-refractivity contribution in [1.29, 1.82) is 5.26 Å². The van der Waals surface area contributed by atoms with Crippen LogP contribution in [-0.2, 0) is 16.6 Å². The lowest BCUT2D eigenvalue weighted by Crippen LogP contribution is -2.31. The van der Waals surface area contributed by atoms with E-state index in [0.717, 1.165) is 22.6 Å². The summed E-state index contributed by atoms with van der Waals surface area (Å²) >= 11 is 0.487. The predicted molar refractivity (Wildman–Crippen MR) is 129 cm³/mol. The topological polar surface area (TPSA) is 117 Å². The molecule has 0 saturated carbocycles. The number of nitrogens with zero attached hydrogens (tertiary/aromatic N) is 3. The molecule has 13 heteroatoms. The average Bonchev–Trinajstić information content (AvgIpc) is 3.28. The number of hydrogen-bond donors (Lipinski definition) is 2. The van der Waals surface area contributed by atoms with Crippen molar-refractivity contribution in [2.45, 2.75) is 11.4 Å². The maximum atomic E-state index is 15.1. The second-order valence-corrected chi connectivity index (χ2v) is 9.90. The third kappa shape index (κ3) is 5.79. The first-order chi connectivity index (χ1) is 16.7. The van der Waals surface area contributed by atoms with E-state index in [0.29, 0.717) is 41.5 Å². The van der Waals surface area contributed by atoms with E-state index < -0.39 is 25.9 Å². The molecule has 0 radical (unpaired) electrons. The van der Waals surface area contributed by atoms with E-state index in [1.165, 1.54) is 14.2 Å². The van der Waals surface area contributed by atoms with Crippen molar-refractivity contribution in [1.82, 2.24) is 10.3 Å². The number of benzene rings is 2. The molecular formula is C22H23F2N5O4S2. The second kappa shape index (κ2) is 11.3. The lowest BCUT2D eigenvalue weighted by atomic mass is 10.2. The summed E-state index contributed by atoms with van der Waals surface area (Å²) in [5, 5.41) is 14.4. The Balaban J connectivity index is 2.10. The average molecular weight is 524 g/mol. The molecule has 0 aliphatic carbocycles. The van der Waals surface area contributed by atoms with Crippen LogP contribution in [0.3, 0.4) is 0 Å². The third-order valence-electron chi connectivity index (χ3n) is 4.94. The van der Waals surface area contributed by atoms with Gasteiger partial charge in [0, 0.05) is 24.7 Å². The number of thiazole rings is 1. The fourth-order valence-corrected chi connectivity index (χ4v) is 5.51. The van der Waals surface area contributed by atoms with Crippen LogP contribution in [0.1, 0.15) is 11.1 Å². The molecule has 0 unspecified atom stereocenters. The van der Waals surface area contributed by atoms with Crippen LogP contribution in [0.5, 0.6) is 11.5 Å². The first kappa shape index (κ1) is 26.1. The first-order valence-electron chi connectivity index (χ1n) is 10.2. The summed E-state index contributed by atoms with van der Waals surface area (Å²) in [6.45, 7) is 0.587. The van der Waals surface area contributed by atoms with Crippen LogP contribution in [0.4, 0.5) is 19.6 Å². The van der Waals surface area contributed by atoms with E-state index in [9.17, 15) is 18.1 Å². The van der Waals surface area contributed by atoms with Gasteiger partial charge in [0.1, 0.15) is 28.3 Å². The Morgan fingerprint density at radius 2 is 1.94 bits per heavy atom. The number of halogens is 2. The van der Waals surface area contributed by atoms with Gasteiger partial charge in [0.25, 0.3) is 10.0 Å². The van der Waals surface area contributed by atoms with Crippen molar-refractivity contribution in [3.8, 4) is 17.6 Å². The molecule has 0 bridgehead atoms. The Morgan fingerprint density at radius 1 is 1.17 bits per heavy atom. The molecule has 186 valence electrons. The zero-order valence-corrected chi connectivity index (χ0v) is 20.8. The van der Waals surface area contributed by atoms with Crippen molar-refractivity contribution >= 4 is 32.2 Å². The Bertz CT molecular complexity index is 1340. The van der Waals surface area contributed by atoms with Crippen LogP contribution < -0.4 is 24.4 Å². The van der Waals surface area contributed by atoms with Gasteiger partial charge in [-0.25, -0.2) is 22.1 Å². The summed E-state index contributed by atoms with van der Waals surface area (Å²) in [4.78, 5) is 3.11. The van der Waals surface area contributed by atoms with Gasteiger partial charge in [-0.1, -0.05) is 11.3 Å². The zero-order chi connectivity index (χ0) is 25.6. The number of aromatic nitrogens is 1. The minimum Gasteiger partial charge on any atom is -0.497 e. The number of nitrogens with one attached hydrogen (secondary N) is 2. The molecule has 3 rings (SSSR count). The number of sulfonamides is 1. The highest BCUT2D eigenvalue weighted by molar-refractivity contribution is 7.93. The molecule has 0 aliphatic rings. The molecular weight excluding hydrogens is 500 g/mol. The molecule has 1 aromatic heterocycles. The summed E-state index contributed by atoms with van der Waals surface area (Å²) in [5.41, 5.74) is 0.495. The number of ether oxygens (including phenoxy) is 2. The van der Waals surface area contributed by atoms with E-state index >= 15 is 4.39 Å². The van der Waals surface area contributed by atoms with Crippen LogP contribution in [0.2, 0.25) is 0 Å². The lowest BCUT2D eigenvalue weighted by Gasteiger charge is -2.23. The smallest absolute Gasteiger partial charge is 0.269 e. The molecule has 1 heterocycles. The quantitative estimate of drug-likeness (QED) is 0.368. The maximum Gasteiger partial charge on any atom is 0.269 e. The molecule has 2 N–H and O–H groups in total. The van der Waals surface area contributed by atoms with Crippen molar-refractivity contribution < 1.29 is 26.7 Å². The van der Waals surface area contributed by atoms with Crippen molar-refractivity contribution in [2.24, 2.45) is 0 Å². The van der Waals surface area contributed by atoms with Crippen LogP contribution in [0, 0.1) is 22.3 Å². The maximum absolute atomic E-state index is 15.1. The number of hydrogen-bond acceptors (Lipinski definition) is 9. The molecule has 0 spiro atoms. The molecule has 0 atom stereocenters. The number of likely N-dealkylation sites (N-methyl/N-ethyl adjacent to an activating group) is 1. The van der Waals surface area contributed by atoms with Crippen molar-refractivity contribution in [3.05, 3.63) is 58.6 Å². The summed E-state index contributed by atoms with van der Waals surface area (Å²) in [5.74, 6) is -0.283. The van der Waals surface area contributed by atoms with Crippen LogP contribution in [0.25, 0.3) is 0 Å². The van der Waals surface area contributed by atoms with Gasteiger partial charge >= 0.3 is 0 Å². The third-order valence-corrected chi connectivity index (χ3v) is 7.61. The van der Waals surface area contributed by atoms with Gasteiger partial charge in [0.15, 0.2) is 5.13 Å². The number of anilines is 2. The van der Waals surface area contributed by atoms with E-state index in [4.69, 9.17) is 9.47 Å². The highest BCUT2D eigenvalue weighted by Gasteiger charge is 2.32. The molecule has 9 nitrogen and oxygen atoms in total. The van der Waals surface area contributed by atoms with Gasteiger partial charge in [0.2, 0.25) is 5.13 Å². The lowest BCUT2D eigenvalue weighted by molar-refractivity contribution is 0.391. The Morgan fingerprint density at radius 3 is 2.54 bits per heavy atom. The largest absolute Gasteiger partial charge is 0.497 e. The van der Waals surface area contributed by atoms with Gasteiger partial charge in [0.05, 0.1) is 38.2 Å². The molecule has 0 amide bonds. The van der Waals surface area contributed by atoms with Crippen LogP contribution >= 0.6 is 11.3 Å². The van der Waals surface area contributed by atoms with Gasteiger partial charge in [-0.2, -0.15) is 9.65 Å². The summed E-state index contributed by atoms with van der Waals surface area (Å²) in [6.07, 6.45) is 0.875. The summed E-state index contributed by atoms with van der Waals surface area (Å²) < 4.78 is 67.6. The number of nitriles is 1. The highest BCUT2D eigenvalue weighted by Crippen LogP contribution is 2.34. The number of rotatable bonds is 11. The fourth-order valence-electron chi connectivity index (χ4n) is 3.18. The molecule has 0 aliphatic heterocycles. The van der Waals surface area contributed by atoms with Gasteiger partial charge in [-0.05, 0) is 31.3 Å². The van der Waals surface area contributed by atoms with E-state index in [-0.39, 0.29) is 22.9 Å². The van der Waals surface area contributed by atoms with Gasteiger partial charge in [-0.3, -0.25) is 0 Å². The van der Waals surface area contributed by atoms with Crippen LogP contribution in [0.15, 0.2) is 41.4 Å². The van der Waals surface area contributed by atoms with E-state index in [1.807, 2.05) is 6.07 Å². The Labute approximate surface area is 206 Å². The standard InChI is InChI=1S/C22H23F2N5O4S2/c1-26-6-7-27-18-10-17(23)20(8-15(18)11-25)35(30,31)29(22-28-12-21(24)34-22)13-14-4-5-16(32-2)9-19(14)33-3/h4-5,8-10,12,26-27H,6-7,13H2,1-3H3. The van der Waals surface area contributed by atoms with Gasteiger partial charge in [-0.15, -0.1) is 0 Å². The van der Waals surface area contributed by atoms with Crippen molar-refractivity contribution in [3.63, 3.8) is 0 Å². The Hall–Kier alpha value is -3.47. The normalized spacial score (nSPS) is 11.1. The molecule has 35 heavy (non-hydrogen) atoms. The van der Waals surface area contributed by atoms with E-state index in [2.05, 4.69) is 15.6 Å².